The number of ether oxygens (including phenoxy) is 1. The fourth-order valence-corrected chi connectivity index (χ4v) is 3.12. The van der Waals surface area contributed by atoms with Crippen LogP contribution in [0.25, 0.3) is 11.0 Å². The van der Waals surface area contributed by atoms with Crippen molar-refractivity contribution < 1.29 is 14.3 Å². The molecule has 2 amide bonds. The van der Waals surface area contributed by atoms with Crippen LogP contribution < -0.4 is 26.6 Å². The summed E-state index contributed by atoms with van der Waals surface area (Å²) in [5.41, 5.74) is 6.65. The Morgan fingerprint density at radius 1 is 0.933 bits per heavy atom. The van der Waals surface area contributed by atoms with Crippen molar-refractivity contribution in [1.29, 1.82) is 0 Å². The lowest BCUT2D eigenvalue weighted by Crippen LogP contribution is -2.46. The quantitative estimate of drug-likeness (QED) is 0.487. The molecule has 0 fully saturated rings. The molecule has 9 heteroatoms. The number of anilines is 1. The van der Waals surface area contributed by atoms with Crippen LogP contribution in [0.5, 0.6) is 5.75 Å². The third kappa shape index (κ3) is 4.80. The number of aryl methyl sites for hydroxylation is 1. The van der Waals surface area contributed by atoms with E-state index in [1.165, 1.54) is 4.57 Å². The molecule has 9 nitrogen and oxygen atoms in total. The number of fused-ring (bicyclic) bond motifs is 1. The van der Waals surface area contributed by atoms with Crippen molar-refractivity contribution in [3.05, 3.63) is 59.0 Å². The summed E-state index contributed by atoms with van der Waals surface area (Å²) in [7, 11) is 1.58. The van der Waals surface area contributed by atoms with Gasteiger partial charge < -0.3 is 10.1 Å². The molecule has 3 rings (SSSR count). The zero-order valence-corrected chi connectivity index (χ0v) is 17.0. The maximum absolute atomic E-state index is 12.7. The lowest BCUT2D eigenvalue weighted by Gasteiger charge is -2.10. The van der Waals surface area contributed by atoms with E-state index in [9.17, 15) is 14.4 Å². The van der Waals surface area contributed by atoms with Crippen molar-refractivity contribution in [2.24, 2.45) is 0 Å². The molecule has 0 unspecified atom stereocenters. The standard InChI is InChI=1S/C21H25N5O4/c1-3-12-25-17-6-4-5-7-18(17)26(21(25)29)14-20(28)24-23-19(27)13-22-15-8-10-16(30-2)11-9-15/h4-11,22H,3,12-14H2,1-2H3,(H,23,27)(H,24,28). The Morgan fingerprint density at radius 3 is 2.20 bits per heavy atom. The van der Waals surface area contributed by atoms with E-state index in [2.05, 4.69) is 16.2 Å². The zero-order chi connectivity index (χ0) is 21.5. The number of nitrogens with zero attached hydrogens (tertiary/aromatic N) is 2. The lowest BCUT2D eigenvalue weighted by atomic mass is 10.3. The van der Waals surface area contributed by atoms with Crippen molar-refractivity contribution in [2.75, 3.05) is 19.0 Å². The highest BCUT2D eigenvalue weighted by Gasteiger charge is 2.15. The van der Waals surface area contributed by atoms with Gasteiger partial charge in [0.1, 0.15) is 12.3 Å². The first-order valence-electron chi connectivity index (χ1n) is 9.67. The number of hydrogen-bond acceptors (Lipinski definition) is 5. The number of hydrogen-bond donors (Lipinski definition) is 3. The second-order valence-corrected chi connectivity index (χ2v) is 6.69. The summed E-state index contributed by atoms with van der Waals surface area (Å²) in [4.78, 5) is 37.0. The van der Waals surface area contributed by atoms with E-state index >= 15 is 0 Å². The lowest BCUT2D eigenvalue weighted by molar-refractivity contribution is -0.128. The van der Waals surface area contributed by atoms with E-state index < -0.39 is 11.8 Å². The number of carbonyl (C=O) groups excluding carboxylic acids is 2. The van der Waals surface area contributed by atoms with E-state index in [4.69, 9.17) is 4.74 Å². The Morgan fingerprint density at radius 2 is 1.57 bits per heavy atom. The molecular formula is C21H25N5O4. The minimum Gasteiger partial charge on any atom is -0.497 e. The molecule has 1 heterocycles. The Balaban J connectivity index is 1.56. The van der Waals surface area contributed by atoms with Gasteiger partial charge in [-0.2, -0.15) is 0 Å². The van der Waals surface area contributed by atoms with Gasteiger partial charge in [-0.1, -0.05) is 19.1 Å². The van der Waals surface area contributed by atoms with Crippen molar-refractivity contribution >= 4 is 28.5 Å². The van der Waals surface area contributed by atoms with Crippen LogP contribution in [-0.4, -0.2) is 34.6 Å². The third-order valence-electron chi connectivity index (χ3n) is 4.56. The molecular weight excluding hydrogens is 386 g/mol. The largest absolute Gasteiger partial charge is 0.497 e. The summed E-state index contributed by atoms with van der Waals surface area (Å²) < 4.78 is 8.14. The number of para-hydroxylation sites is 2. The molecule has 3 aromatic rings. The number of carbonyl (C=O) groups is 2. The van der Waals surface area contributed by atoms with E-state index in [0.29, 0.717) is 17.8 Å². The molecule has 0 saturated carbocycles. The molecule has 0 aliphatic carbocycles. The first-order valence-corrected chi connectivity index (χ1v) is 9.67. The van der Waals surface area contributed by atoms with Crippen LogP contribution in [0.15, 0.2) is 53.3 Å². The average Bonchev–Trinajstić information content (AvgIpc) is 3.03. The maximum atomic E-state index is 12.7. The van der Waals surface area contributed by atoms with Crippen molar-refractivity contribution in [2.45, 2.75) is 26.4 Å². The Bertz CT molecular complexity index is 1080. The van der Waals surface area contributed by atoms with Crippen LogP contribution in [0.4, 0.5) is 5.69 Å². The number of hydrazine groups is 1. The second-order valence-electron chi connectivity index (χ2n) is 6.69. The predicted molar refractivity (Wildman–Crippen MR) is 114 cm³/mol. The van der Waals surface area contributed by atoms with Gasteiger partial charge in [-0.3, -0.25) is 29.6 Å². The van der Waals surface area contributed by atoms with E-state index in [0.717, 1.165) is 17.6 Å². The van der Waals surface area contributed by atoms with Gasteiger partial charge in [0.2, 0.25) is 0 Å². The number of rotatable bonds is 8. The zero-order valence-electron chi connectivity index (χ0n) is 17.0. The van der Waals surface area contributed by atoms with Gasteiger partial charge in [-0.05, 0) is 42.8 Å². The van der Waals surface area contributed by atoms with Gasteiger partial charge >= 0.3 is 5.69 Å². The molecule has 0 atom stereocenters. The number of imidazole rings is 1. The minimum absolute atomic E-state index is 0.0254. The number of benzene rings is 2. The van der Waals surface area contributed by atoms with E-state index in [1.54, 1.807) is 42.0 Å². The van der Waals surface area contributed by atoms with Gasteiger partial charge in [0, 0.05) is 12.2 Å². The normalized spacial score (nSPS) is 10.6. The summed E-state index contributed by atoms with van der Waals surface area (Å²) in [5.74, 6) is -0.193. The molecule has 3 N–H and O–H groups in total. The second kappa shape index (κ2) is 9.64. The van der Waals surface area contributed by atoms with Crippen LogP contribution in [0.2, 0.25) is 0 Å². The van der Waals surface area contributed by atoms with Crippen LogP contribution in [0, 0.1) is 0 Å². The number of aromatic nitrogens is 2. The monoisotopic (exact) mass is 411 g/mol. The number of amides is 2. The molecule has 158 valence electrons. The molecule has 0 bridgehead atoms. The molecule has 2 aromatic carbocycles. The highest BCUT2D eigenvalue weighted by molar-refractivity contribution is 5.85. The fourth-order valence-electron chi connectivity index (χ4n) is 3.12. The van der Waals surface area contributed by atoms with Gasteiger partial charge in [-0.25, -0.2) is 4.79 Å². The summed E-state index contributed by atoms with van der Waals surface area (Å²) in [6, 6.07) is 14.4. The van der Waals surface area contributed by atoms with Gasteiger partial charge in [0.15, 0.2) is 0 Å². The van der Waals surface area contributed by atoms with Crippen LogP contribution in [0.3, 0.4) is 0 Å². The molecule has 0 aliphatic heterocycles. The SMILES string of the molecule is CCCn1c(=O)n(CC(=O)NNC(=O)CNc2ccc(OC)cc2)c2ccccc21. The summed E-state index contributed by atoms with van der Waals surface area (Å²) in [6.45, 7) is 2.34. The first-order chi connectivity index (χ1) is 14.5. The van der Waals surface area contributed by atoms with Crippen LogP contribution in [0.1, 0.15) is 13.3 Å². The summed E-state index contributed by atoms with van der Waals surface area (Å²) in [6.07, 6.45) is 0.803. The Kier molecular flexibility index (Phi) is 6.74. The summed E-state index contributed by atoms with van der Waals surface area (Å²) in [5, 5.41) is 2.94. The smallest absolute Gasteiger partial charge is 0.329 e. The van der Waals surface area contributed by atoms with Crippen molar-refractivity contribution in [3.63, 3.8) is 0 Å². The average molecular weight is 411 g/mol. The van der Waals surface area contributed by atoms with E-state index in [1.807, 2.05) is 25.1 Å². The van der Waals surface area contributed by atoms with Crippen LogP contribution >= 0.6 is 0 Å². The molecule has 0 radical (unpaired) electrons. The van der Waals surface area contributed by atoms with Gasteiger partial charge in [-0.15, -0.1) is 0 Å². The fraction of sp³-hybridized carbons (Fsp3) is 0.286. The Hall–Kier alpha value is -3.75. The topological polar surface area (TPSA) is 106 Å². The van der Waals surface area contributed by atoms with Gasteiger partial charge in [0.05, 0.1) is 24.7 Å². The van der Waals surface area contributed by atoms with Crippen molar-refractivity contribution in [1.82, 2.24) is 20.0 Å². The van der Waals surface area contributed by atoms with E-state index in [-0.39, 0.29) is 18.8 Å². The molecule has 0 spiro atoms. The summed E-state index contributed by atoms with van der Waals surface area (Å²) >= 11 is 0. The number of methoxy groups -OCH3 is 1. The highest BCUT2D eigenvalue weighted by Crippen LogP contribution is 2.14. The number of nitrogens with one attached hydrogen (secondary N) is 3. The minimum atomic E-state index is -0.491. The van der Waals surface area contributed by atoms with Gasteiger partial charge in [0.25, 0.3) is 11.8 Å². The maximum Gasteiger partial charge on any atom is 0.329 e. The Labute approximate surface area is 173 Å². The molecule has 0 aliphatic rings. The van der Waals surface area contributed by atoms with Crippen molar-refractivity contribution in [3.8, 4) is 5.75 Å². The molecule has 1 aromatic heterocycles. The molecule has 30 heavy (non-hydrogen) atoms. The molecule has 0 saturated heterocycles. The highest BCUT2D eigenvalue weighted by atomic mass is 16.5. The predicted octanol–water partition coefficient (Wildman–Crippen LogP) is 1.48. The third-order valence-corrected chi connectivity index (χ3v) is 4.56. The van der Waals surface area contributed by atoms with Crippen LogP contribution in [-0.2, 0) is 22.7 Å². The first kappa shape index (κ1) is 21.0.